The number of nitrogens with zero attached hydrogens (tertiary/aromatic N) is 4. The first-order valence-corrected chi connectivity index (χ1v) is 10.2. The van der Waals surface area contributed by atoms with Crippen molar-refractivity contribution >= 4 is 36.2 Å². The fourth-order valence-corrected chi connectivity index (χ4v) is 3.74. The summed E-state index contributed by atoms with van der Waals surface area (Å²) in [6.45, 7) is -1.06. The van der Waals surface area contributed by atoms with Crippen LogP contribution in [0.15, 0.2) is 6.33 Å². The summed E-state index contributed by atoms with van der Waals surface area (Å²) in [6, 6.07) is 0. The lowest BCUT2D eigenvalue weighted by atomic mass is 10.1. The Kier molecular flexibility index (Phi) is 6.28. The number of hydrogen-bond acceptors (Lipinski definition) is 9. The van der Waals surface area contributed by atoms with E-state index in [-0.39, 0.29) is 22.3 Å². The van der Waals surface area contributed by atoms with Crippen molar-refractivity contribution in [1.82, 2.24) is 19.5 Å². The number of ether oxygens (including phenoxy) is 2. The number of aromatic nitrogens is 4. The zero-order valence-electron chi connectivity index (χ0n) is 14.9. The van der Waals surface area contributed by atoms with Gasteiger partial charge < -0.3 is 34.8 Å². The summed E-state index contributed by atoms with van der Waals surface area (Å²) in [4.78, 5) is 29.7. The minimum Gasteiger partial charge on any atom is -0.387 e. The van der Waals surface area contributed by atoms with Gasteiger partial charge in [-0.05, 0) is 11.6 Å². The van der Waals surface area contributed by atoms with Crippen LogP contribution in [0.1, 0.15) is 6.23 Å². The number of alkyl halides is 3. The third-order valence-corrected chi connectivity index (χ3v) is 5.47. The topological polar surface area (TPSA) is 172 Å². The minimum atomic E-state index is -5.70. The summed E-state index contributed by atoms with van der Waals surface area (Å²) < 4.78 is 60.4. The van der Waals surface area contributed by atoms with Gasteiger partial charge in [0.25, 0.3) is 5.85 Å². The van der Waals surface area contributed by atoms with Crippen molar-refractivity contribution in [3.63, 3.8) is 0 Å². The number of aliphatic hydroxyl groups is 2. The van der Waals surface area contributed by atoms with E-state index in [0.29, 0.717) is 0 Å². The van der Waals surface area contributed by atoms with Crippen molar-refractivity contribution in [2.75, 3.05) is 19.0 Å². The molecule has 3 heterocycles. The first-order chi connectivity index (χ1) is 13.8. The molecule has 17 heteroatoms. The Bertz CT molecular complexity index is 972. The van der Waals surface area contributed by atoms with E-state index in [4.69, 9.17) is 26.1 Å². The molecule has 168 valence electrons. The largest absolute Gasteiger partial charge is 0.426 e. The van der Waals surface area contributed by atoms with E-state index < -0.39 is 50.8 Å². The van der Waals surface area contributed by atoms with Crippen molar-refractivity contribution < 1.29 is 47.2 Å². The molecule has 0 spiro atoms. The summed E-state index contributed by atoms with van der Waals surface area (Å²) in [5.74, 6) is -3.15. The predicted octanol–water partition coefficient (Wildman–Crippen LogP) is 0.223. The molecular weight excluding hydrogens is 462 g/mol. The molecule has 0 saturated carbocycles. The van der Waals surface area contributed by atoms with E-state index in [1.54, 1.807) is 7.05 Å². The zero-order valence-corrected chi connectivity index (χ0v) is 16.6. The highest BCUT2D eigenvalue weighted by molar-refractivity contribution is 7.52. The lowest BCUT2D eigenvalue weighted by Gasteiger charge is -2.23. The van der Waals surface area contributed by atoms with E-state index in [1.807, 2.05) is 0 Å². The summed E-state index contributed by atoms with van der Waals surface area (Å²) in [7, 11) is -4.15. The number of aliphatic hydroxyl groups excluding tert-OH is 2. The van der Waals surface area contributed by atoms with Gasteiger partial charge in [0.1, 0.15) is 18.3 Å². The van der Waals surface area contributed by atoms with Crippen molar-refractivity contribution in [3.8, 4) is 0 Å². The van der Waals surface area contributed by atoms with E-state index in [0.717, 1.165) is 0 Å². The standard InChI is InChI=1S/C13H16ClF3N5O7P/c1-18-8-5-9(21-12(14)20-8)22(3-19-5)10-7(24)6(23)4(29-10)2-28-11(13(15,16)17)30(25,26)27/h3-4,6-7,10-11,23-24H,2H2,1H3,(H,18,20,21)(H2,25,26,27). The van der Waals surface area contributed by atoms with Crippen LogP contribution in [0.5, 0.6) is 0 Å². The Balaban J connectivity index is 1.83. The number of rotatable bonds is 6. The molecule has 12 nitrogen and oxygen atoms in total. The number of fused-ring (bicyclic) bond motifs is 1. The highest BCUT2D eigenvalue weighted by Gasteiger charge is 2.53. The summed E-state index contributed by atoms with van der Waals surface area (Å²) in [5.41, 5.74) is 0.339. The summed E-state index contributed by atoms with van der Waals surface area (Å²) in [6.07, 6.45) is -10.5. The van der Waals surface area contributed by atoms with Gasteiger partial charge in [-0.1, -0.05) is 0 Å². The van der Waals surface area contributed by atoms with Crippen LogP contribution >= 0.6 is 19.2 Å². The van der Waals surface area contributed by atoms with Crippen LogP contribution in [0.25, 0.3) is 11.2 Å². The van der Waals surface area contributed by atoms with E-state index in [1.165, 1.54) is 10.9 Å². The normalized spacial score (nSPS) is 26.3. The first kappa shape index (κ1) is 23.1. The second-order valence-electron chi connectivity index (χ2n) is 6.28. The van der Waals surface area contributed by atoms with Gasteiger partial charge in [-0.15, -0.1) is 0 Å². The molecule has 1 aliphatic rings. The van der Waals surface area contributed by atoms with E-state index >= 15 is 0 Å². The molecule has 5 atom stereocenters. The number of anilines is 1. The number of hydrogen-bond donors (Lipinski definition) is 5. The first-order valence-electron chi connectivity index (χ1n) is 8.17. The molecule has 1 saturated heterocycles. The molecule has 0 amide bonds. The van der Waals surface area contributed by atoms with E-state index in [2.05, 4.69) is 25.0 Å². The Morgan fingerprint density at radius 2 is 2.03 bits per heavy atom. The second-order valence-corrected chi connectivity index (χ2v) is 8.26. The van der Waals surface area contributed by atoms with Gasteiger partial charge in [0.15, 0.2) is 23.2 Å². The van der Waals surface area contributed by atoms with Crippen LogP contribution in [0.4, 0.5) is 19.0 Å². The van der Waals surface area contributed by atoms with Crippen molar-refractivity contribution in [2.45, 2.75) is 36.6 Å². The van der Waals surface area contributed by atoms with Gasteiger partial charge >= 0.3 is 13.8 Å². The molecule has 1 fully saturated rings. The number of imidazole rings is 1. The SMILES string of the molecule is CNc1nc(Cl)nc2c1ncn2C1OC(COC(C(F)(F)F)P(=O)(O)O)C(O)C1O. The highest BCUT2D eigenvalue weighted by Crippen LogP contribution is 2.50. The van der Waals surface area contributed by atoms with Crippen LogP contribution in [0.2, 0.25) is 5.28 Å². The monoisotopic (exact) mass is 477 g/mol. The van der Waals surface area contributed by atoms with Crippen molar-refractivity contribution in [2.24, 2.45) is 0 Å². The lowest BCUT2D eigenvalue weighted by Crippen LogP contribution is -2.38. The molecule has 0 radical (unpaired) electrons. The summed E-state index contributed by atoms with van der Waals surface area (Å²) >= 11 is 5.85. The third kappa shape index (κ3) is 4.38. The second kappa shape index (κ2) is 8.16. The van der Waals surface area contributed by atoms with Crippen LogP contribution in [-0.2, 0) is 14.0 Å². The smallest absolute Gasteiger partial charge is 0.387 e. The highest BCUT2D eigenvalue weighted by atomic mass is 35.5. The average molecular weight is 478 g/mol. The molecular formula is C13H16ClF3N5O7P. The minimum absolute atomic E-state index is 0.0977. The van der Waals surface area contributed by atoms with Gasteiger partial charge in [0, 0.05) is 7.05 Å². The van der Waals surface area contributed by atoms with Crippen molar-refractivity contribution in [3.05, 3.63) is 11.6 Å². The van der Waals surface area contributed by atoms with Gasteiger partial charge in [-0.25, -0.2) is 4.98 Å². The Labute approximate surface area is 170 Å². The molecule has 0 bridgehead atoms. The van der Waals surface area contributed by atoms with Gasteiger partial charge in [0.2, 0.25) is 5.28 Å². The fourth-order valence-electron chi connectivity index (χ4n) is 2.92. The summed E-state index contributed by atoms with van der Waals surface area (Å²) in [5, 5.41) is 23.0. The lowest BCUT2D eigenvalue weighted by molar-refractivity contribution is -0.206. The molecule has 5 unspecified atom stereocenters. The molecule has 3 rings (SSSR count). The molecule has 30 heavy (non-hydrogen) atoms. The van der Waals surface area contributed by atoms with Gasteiger partial charge in [0.05, 0.1) is 12.9 Å². The number of nitrogens with one attached hydrogen (secondary N) is 1. The van der Waals surface area contributed by atoms with Gasteiger partial charge in [-0.2, -0.15) is 23.1 Å². The molecule has 5 N–H and O–H groups in total. The average Bonchev–Trinajstić information content (AvgIpc) is 3.14. The molecule has 1 aliphatic heterocycles. The van der Waals surface area contributed by atoms with E-state index in [9.17, 15) is 27.9 Å². The predicted molar refractivity (Wildman–Crippen MR) is 93.6 cm³/mol. The van der Waals surface area contributed by atoms with Crippen LogP contribution < -0.4 is 5.32 Å². The third-order valence-electron chi connectivity index (χ3n) is 4.25. The maximum absolute atomic E-state index is 12.8. The van der Waals surface area contributed by atoms with Gasteiger partial charge in [-0.3, -0.25) is 9.13 Å². The molecule has 0 aromatic carbocycles. The molecule has 2 aromatic rings. The van der Waals surface area contributed by atoms with Crippen LogP contribution in [0.3, 0.4) is 0 Å². The number of halogens is 4. The van der Waals surface area contributed by atoms with Crippen LogP contribution in [-0.4, -0.2) is 83.5 Å². The van der Waals surface area contributed by atoms with Crippen LogP contribution in [0, 0.1) is 0 Å². The Morgan fingerprint density at radius 3 is 2.60 bits per heavy atom. The molecule has 0 aliphatic carbocycles. The zero-order chi connectivity index (χ0) is 22.4. The Morgan fingerprint density at radius 1 is 1.37 bits per heavy atom. The maximum atomic E-state index is 12.8. The maximum Gasteiger partial charge on any atom is 0.426 e. The fraction of sp³-hybridized carbons (Fsp3) is 0.615. The Hall–Kier alpha value is -1.58. The molecule has 2 aromatic heterocycles. The van der Waals surface area contributed by atoms with Crippen molar-refractivity contribution in [1.29, 1.82) is 0 Å². The quantitative estimate of drug-likeness (QED) is 0.284.